The van der Waals surface area contributed by atoms with Crippen molar-refractivity contribution in [2.24, 2.45) is 5.92 Å². The fraction of sp³-hybridized carbons (Fsp3) is 1.00. The minimum atomic E-state index is -0.0721. The topological polar surface area (TPSA) is 41.5 Å². The number of aliphatic hydroxyl groups excluding tert-OH is 1. The summed E-state index contributed by atoms with van der Waals surface area (Å²) in [5.41, 5.74) is 0. The van der Waals surface area contributed by atoms with Gasteiger partial charge in [0.1, 0.15) is 0 Å². The Morgan fingerprint density at radius 2 is 2.29 bits per heavy atom. The van der Waals surface area contributed by atoms with Gasteiger partial charge in [-0.05, 0) is 32.1 Å². The first-order valence-corrected chi connectivity index (χ1v) is 5.64. The van der Waals surface area contributed by atoms with E-state index >= 15 is 0 Å². The fourth-order valence-corrected chi connectivity index (χ4v) is 2.00. The van der Waals surface area contributed by atoms with Gasteiger partial charge in [-0.2, -0.15) is 0 Å². The third-order valence-corrected chi connectivity index (χ3v) is 3.10. The van der Waals surface area contributed by atoms with Crippen molar-refractivity contribution in [2.75, 3.05) is 20.3 Å². The zero-order valence-corrected chi connectivity index (χ0v) is 9.33. The molecule has 84 valence electrons. The Kier molecular flexibility index (Phi) is 5.45. The van der Waals surface area contributed by atoms with E-state index in [1.54, 1.807) is 7.11 Å². The Morgan fingerprint density at radius 3 is 2.86 bits per heavy atom. The Labute approximate surface area is 86.8 Å². The predicted octanol–water partition coefficient (Wildman–Crippen LogP) is 1.16. The van der Waals surface area contributed by atoms with E-state index in [-0.39, 0.29) is 6.10 Å². The van der Waals surface area contributed by atoms with Gasteiger partial charge in [0.25, 0.3) is 0 Å². The average Bonchev–Trinajstić information content (AvgIpc) is 2.58. The molecule has 0 amide bonds. The molecule has 2 N–H and O–H groups in total. The van der Waals surface area contributed by atoms with Gasteiger partial charge in [0.05, 0.1) is 6.10 Å². The number of aliphatic hydroxyl groups is 1. The van der Waals surface area contributed by atoms with Gasteiger partial charge in [0.15, 0.2) is 0 Å². The molecule has 0 radical (unpaired) electrons. The van der Waals surface area contributed by atoms with Crippen molar-refractivity contribution in [3.8, 4) is 0 Å². The van der Waals surface area contributed by atoms with E-state index in [4.69, 9.17) is 4.74 Å². The molecule has 3 nitrogen and oxygen atoms in total. The van der Waals surface area contributed by atoms with Crippen LogP contribution >= 0.6 is 0 Å². The largest absolute Gasteiger partial charge is 0.393 e. The highest BCUT2D eigenvalue weighted by molar-refractivity contribution is 4.79. The van der Waals surface area contributed by atoms with Crippen molar-refractivity contribution in [1.29, 1.82) is 0 Å². The second kappa shape index (κ2) is 6.38. The van der Waals surface area contributed by atoms with Gasteiger partial charge >= 0.3 is 0 Å². The molecule has 1 aliphatic rings. The summed E-state index contributed by atoms with van der Waals surface area (Å²) in [5.74, 6) is 0.472. The van der Waals surface area contributed by atoms with Crippen LogP contribution < -0.4 is 5.32 Å². The third kappa shape index (κ3) is 3.95. The van der Waals surface area contributed by atoms with Crippen molar-refractivity contribution < 1.29 is 9.84 Å². The normalized spacial score (nSPS) is 29.4. The van der Waals surface area contributed by atoms with Crippen molar-refractivity contribution in [3.05, 3.63) is 0 Å². The number of hydrogen-bond acceptors (Lipinski definition) is 3. The van der Waals surface area contributed by atoms with Gasteiger partial charge in [-0.15, -0.1) is 0 Å². The highest BCUT2D eigenvalue weighted by Gasteiger charge is 2.24. The van der Waals surface area contributed by atoms with E-state index in [1.165, 1.54) is 12.8 Å². The van der Waals surface area contributed by atoms with E-state index in [9.17, 15) is 5.11 Å². The molecule has 0 bridgehead atoms. The first-order chi connectivity index (χ1) is 6.74. The second-order valence-corrected chi connectivity index (χ2v) is 4.35. The van der Waals surface area contributed by atoms with Gasteiger partial charge in [0.2, 0.25) is 0 Å². The van der Waals surface area contributed by atoms with Crippen LogP contribution in [-0.2, 0) is 4.74 Å². The van der Waals surface area contributed by atoms with Gasteiger partial charge in [0, 0.05) is 26.3 Å². The average molecular weight is 201 g/mol. The monoisotopic (exact) mass is 201 g/mol. The molecule has 1 fully saturated rings. The van der Waals surface area contributed by atoms with Crippen LogP contribution in [0.5, 0.6) is 0 Å². The zero-order valence-electron chi connectivity index (χ0n) is 9.33. The lowest BCUT2D eigenvalue weighted by molar-refractivity contribution is 0.128. The molecule has 0 aromatic rings. The number of rotatable bonds is 6. The van der Waals surface area contributed by atoms with Gasteiger partial charge in [-0.3, -0.25) is 0 Å². The Morgan fingerprint density at radius 1 is 1.50 bits per heavy atom. The van der Waals surface area contributed by atoms with Crippen LogP contribution in [0.4, 0.5) is 0 Å². The molecule has 0 aromatic heterocycles. The summed E-state index contributed by atoms with van der Waals surface area (Å²) in [4.78, 5) is 0. The first-order valence-electron chi connectivity index (χ1n) is 5.64. The van der Waals surface area contributed by atoms with E-state index in [0.29, 0.717) is 12.0 Å². The van der Waals surface area contributed by atoms with Crippen molar-refractivity contribution >= 4 is 0 Å². The minimum Gasteiger partial charge on any atom is -0.393 e. The summed E-state index contributed by atoms with van der Waals surface area (Å²) in [6, 6.07) is 0.489. The van der Waals surface area contributed by atoms with Crippen LogP contribution in [0.3, 0.4) is 0 Å². The molecule has 14 heavy (non-hydrogen) atoms. The summed E-state index contributed by atoms with van der Waals surface area (Å²) in [5, 5.41) is 13.1. The first kappa shape index (κ1) is 12.0. The molecular weight excluding hydrogens is 178 g/mol. The Hall–Kier alpha value is -0.120. The molecule has 0 aromatic carbocycles. The molecular formula is C11H23NO2. The summed E-state index contributed by atoms with van der Waals surface area (Å²) in [6.07, 6.45) is 4.31. The highest BCUT2D eigenvalue weighted by Crippen LogP contribution is 2.24. The number of hydrogen-bond donors (Lipinski definition) is 2. The number of nitrogens with one attached hydrogen (secondary N) is 1. The summed E-state index contributed by atoms with van der Waals surface area (Å²) in [6.45, 7) is 3.92. The Bertz CT molecular complexity index is 152. The molecule has 0 aliphatic heterocycles. The molecule has 0 saturated heterocycles. The molecule has 1 rings (SSSR count). The number of methoxy groups -OCH3 is 1. The van der Waals surface area contributed by atoms with Gasteiger partial charge in [-0.25, -0.2) is 0 Å². The quantitative estimate of drug-likeness (QED) is 0.677. The number of ether oxygens (including phenoxy) is 1. The smallest absolute Gasteiger partial charge is 0.0580 e. The standard InChI is InChI=1S/C11H23NO2/c1-9(6-7-14-2)12-8-10-4-3-5-11(10)13/h9-13H,3-8H2,1-2H3. The summed E-state index contributed by atoms with van der Waals surface area (Å²) < 4.78 is 5.02. The third-order valence-electron chi connectivity index (χ3n) is 3.10. The van der Waals surface area contributed by atoms with Crippen molar-refractivity contribution in [2.45, 2.75) is 44.8 Å². The van der Waals surface area contributed by atoms with E-state index in [2.05, 4.69) is 12.2 Å². The Balaban J connectivity index is 2.07. The van der Waals surface area contributed by atoms with E-state index in [0.717, 1.165) is 26.0 Å². The molecule has 3 heteroatoms. The predicted molar refractivity (Wildman–Crippen MR) is 57.3 cm³/mol. The molecule has 3 atom stereocenters. The van der Waals surface area contributed by atoms with Crippen molar-refractivity contribution in [3.63, 3.8) is 0 Å². The maximum absolute atomic E-state index is 9.61. The maximum Gasteiger partial charge on any atom is 0.0580 e. The molecule has 3 unspecified atom stereocenters. The summed E-state index contributed by atoms with van der Waals surface area (Å²) in [7, 11) is 1.73. The van der Waals surface area contributed by atoms with Crippen LogP contribution in [0.2, 0.25) is 0 Å². The van der Waals surface area contributed by atoms with E-state index < -0.39 is 0 Å². The molecule has 1 saturated carbocycles. The van der Waals surface area contributed by atoms with Gasteiger partial charge < -0.3 is 15.2 Å². The maximum atomic E-state index is 9.61. The molecule has 1 aliphatic carbocycles. The lowest BCUT2D eigenvalue weighted by atomic mass is 10.1. The summed E-state index contributed by atoms with van der Waals surface area (Å²) >= 11 is 0. The van der Waals surface area contributed by atoms with Crippen LogP contribution in [-0.4, -0.2) is 37.5 Å². The van der Waals surface area contributed by atoms with Crippen LogP contribution in [0, 0.1) is 5.92 Å². The van der Waals surface area contributed by atoms with Crippen LogP contribution in [0.15, 0.2) is 0 Å². The fourth-order valence-electron chi connectivity index (χ4n) is 2.00. The van der Waals surface area contributed by atoms with Crippen LogP contribution in [0.25, 0.3) is 0 Å². The lowest BCUT2D eigenvalue weighted by Gasteiger charge is -2.19. The van der Waals surface area contributed by atoms with Crippen molar-refractivity contribution in [1.82, 2.24) is 5.32 Å². The molecule has 0 heterocycles. The second-order valence-electron chi connectivity index (χ2n) is 4.35. The zero-order chi connectivity index (χ0) is 10.4. The highest BCUT2D eigenvalue weighted by atomic mass is 16.5. The minimum absolute atomic E-state index is 0.0721. The SMILES string of the molecule is COCCC(C)NCC1CCCC1O. The van der Waals surface area contributed by atoms with Crippen LogP contribution in [0.1, 0.15) is 32.6 Å². The van der Waals surface area contributed by atoms with E-state index in [1.807, 2.05) is 0 Å². The lowest BCUT2D eigenvalue weighted by Crippen LogP contribution is -2.34. The van der Waals surface area contributed by atoms with Gasteiger partial charge in [-0.1, -0.05) is 6.42 Å². The molecule has 0 spiro atoms.